The molecule has 4 nitrogen and oxygen atoms in total. The highest BCUT2D eigenvalue weighted by Crippen LogP contribution is 2.29. The Morgan fingerprint density at radius 2 is 2.20 bits per heavy atom. The molecule has 0 radical (unpaired) electrons. The number of nitriles is 1. The van der Waals surface area contributed by atoms with Crippen molar-refractivity contribution >= 4 is 21.8 Å². The highest BCUT2D eigenvalue weighted by molar-refractivity contribution is 7.99. The van der Waals surface area contributed by atoms with Crippen LogP contribution in [0.25, 0.3) is 0 Å². The number of benzene rings is 1. The van der Waals surface area contributed by atoms with Crippen LogP contribution in [0.5, 0.6) is 0 Å². The van der Waals surface area contributed by atoms with Crippen LogP contribution < -0.4 is 4.72 Å². The van der Waals surface area contributed by atoms with E-state index in [1.54, 1.807) is 17.8 Å². The first kappa shape index (κ1) is 15.3. The Hall–Kier alpha value is -1.10. The van der Waals surface area contributed by atoms with E-state index >= 15 is 0 Å². The van der Waals surface area contributed by atoms with Gasteiger partial charge in [-0.15, -0.1) is 0 Å². The van der Waals surface area contributed by atoms with Crippen molar-refractivity contribution in [3.63, 3.8) is 0 Å². The first-order valence-electron chi connectivity index (χ1n) is 6.21. The molecule has 1 N–H and O–H groups in total. The van der Waals surface area contributed by atoms with E-state index in [1.807, 2.05) is 6.26 Å². The Morgan fingerprint density at radius 3 is 2.80 bits per heavy atom. The third kappa shape index (κ3) is 3.14. The molecule has 20 heavy (non-hydrogen) atoms. The summed E-state index contributed by atoms with van der Waals surface area (Å²) < 4.78 is 40.6. The molecule has 1 saturated carbocycles. The standard InChI is InChI=1S/C13H15FN2O2S2/c1-19-10-6-5-9(7-10)16-20(17,18)13-4-2-3-12(14)11(13)8-15/h2-4,9-10,16H,5-7H2,1H3. The summed E-state index contributed by atoms with van der Waals surface area (Å²) in [5.74, 6) is -0.816. The zero-order valence-electron chi connectivity index (χ0n) is 11.0. The average molecular weight is 314 g/mol. The summed E-state index contributed by atoms with van der Waals surface area (Å²) in [5.41, 5.74) is -0.431. The van der Waals surface area contributed by atoms with Gasteiger partial charge < -0.3 is 0 Å². The van der Waals surface area contributed by atoms with Gasteiger partial charge in [0.2, 0.25) is 10.0 Å². The number of thioether (sulfide) groups is 1. The first-order chi connectivity index (χ1) is 9.47. The van der Waals surface area contributed by atoms with E-state index in [-0.39, 0.29) is 10.9 Å². The lowest BCUT2D eigenvalue weighted by molar-refractivity contribution is 0.550. The monoisotopic (exact) mass is 314 g/mol. The Kier molecular flexibility index (Phi) is 4.68. The van der Waals surface area contributed by atoms with Crippen molar-refractivity contribution < 1.29 is 12.8 Å². The highest BCUT2D eigenvalue weighted by atomic mass is 32.2. The average Bonchev–Trinajstić information content (AvgIpc) is 2.85. The van der Waals surface area contributed by atoms with E-state index in [0.717, 1.165) is 25.3 Å². The molecule has 0 heterocycles. The Labute approximate surface area is 122 Å². The van der Waals surface area contributed by atoms with Crippen molar-refractivity contribution in [3.05, 3.63) is 29.6 Å². The molecular formula is C13H15FN2O2S2. The van der Waals surface area contributed by atoms with Crippen LogP contribution in [-0.4, -0.2) is 26.0 Å². The summed E-state index contributed by atoms with van der Waals surface area (Å²) >= 11 is 1.72. The van der Waals surface area contributed by atoms with Gasteiger partial charge in [0.25, 0.3) is 0 Å². The summed E-state index contributed by atoms with van der Waals surface area (Å²) in [4.78, 5) is -0.285. The van der Waals surface area contributed by atoms with Crippen molar-refractivity contribution in [1.29, 1.82) is 5.26 Å². The molecule has 0 saturated heterocycles. The number of nitrogens with zero attached hydrogens (tertiary/aromatic N) is 1. The van der Waals surface area contributed by atoms with Gasteiger partial charge in [0.15, 0.2) is 0 Å². The maximum atomic E-state index is 13.5. The predicted octanol–water partition coefficient (Wildman–Crippen LogP) is 2.26. The fourth-order valence-electron chi connectivity index (χ4n) is 2.38. The quantitative estimate of drug-likeness (QED) is 0.925. The molecule has 1 aliphatic rings. The molecule has 108 valence electrons. The van der Waals surface area contributed by atoms with Crippen molar-refractivity contribution in [2.45, 2.75) is 35.4 Å². The molecule has 0 bridgehead atoms. The Bertz CT molecular complexity index is 640. The third-order valence-electron chi connectivity index (χ3n) is 3.42. The lowest BCUT2D eigenvalue weighted by atomic mass is 10.2. The zero-order chi connectivity index (χ0) is 14.8. The van der Waals surface area contributed by atoms with Crippen LogP contribution in [0.1, 0.15) is 24.8 Å². The van der Waals surface area contributed by atoms with Gasteiger partial charge in [-0.05, 0) is 37.7 Å². The lowest BCUT2D eigenvalue weighted by Crippen LogP contribution is -2.33. The second-order valence-corrected chi connectivity index (χ2v) is 7.53. The van der Waals surface area contributed by atoms with Gasteiger partial charge in [0.05, 0.1) is 0 Å². The number of sulfonamides is 1. The van der Waals surface area contributed by atoms with Gasteiger partial charge >= 0.3 is 0 Å². The summed E-state index contributed by atoms with van der Waals surface area (Å²) in [5, 5.41) is 9.37. The van der Waals surface area contributed by atoms with Gasteiger partial charge in [-0.2, -0.15) is 17.0 Å². The van der Waals surface area contributed by atoms with Crippen LogP contribution in [-0.2, 0) is 10.0 Å². The van der Waals surface area contributed by atoms with Gasteiger partial charge in [-0.25, -0.2) is 17.5 Å². The number of rotatable bonds is 4. The fourth-order valence-corrected chi connectivity index (χ4v) is 4.63. The maximum absolute atomic E-state index is 13.5. The van der Waals surface area contributed by atoms with Gasteiger partial charge in [-0.3, -0.25) is 0 Å². The topological polar surface area (TPSA) is 70.0 Å². The van der Waals surface area contributed by atoms with Crippen LogP contribution in [0.2, 0.25) is 0 Å². The summed E-state index contributed by atoms with van der Waals surface area (Å²) in [6, 6.07) is 5.10. The van der Waals surface area contributed by atoms with Crippen LogP contribution in [0, 0.1) is 17.1 Å². The Balaban J connectivity index is 2.24. The van der Waals surface area contributed by atoms with Gasteiger partial charge in [0.1, 0.15) is 22.3 Å². The van der Waals surface area contributed by atoms with Gasteiger partial charge in [-0.1, -0.05) is 6.07 Å². The summed E-state index contributed by atoms with van der Waals surface area (Å²) in [6.45, 7) is 0. The van der Waals surface area contributed by atoms with Crippen LogP contribution >= 0.6 is 11.8 Å². The molecule has 0 aromatic heterocycles. The second-order valence-electron chi connectivity index (χ2n) is 4.71. The molecule has 0 spiro atoms. The predicted molar refractivity (Wildman–Crippen MR) is 76.4 cm³/mol. The zero-order valence-corrected chi connectivity index (χ0v) is 12.6. The minimum atomic E-state index is -3.86. The summed E-state index contributed by atoms with van der Waals surface area (Å²) in [7, 11) is -3.86. The molecule has 1 aromatic carbocycles. The second kappa shape index (κ2) is 6.12. The minimum absolute atomic E-state index is 0.146. The molecule has 1 aromatic rings. The van der Waals surface area contributed by atoms with Crippen molar-refractivity contribution in [1.82, 2.24) is 4.72 Å². The SMILES string of the molecule is CSC1CCC(NS(=O)(=O)c2cccc(F)c2C#N)C1. The molecule has 0 aliphatic heterocycles. The van der Waals surface area contributed by atoms with E-state index in [0.29, 0.717) is 5.25 Å². The van der Waals surface area contributed by atoms with Crippen LogP contribution in [0.4, 0.5) is 4.39 Å². The van der Waals surface area contributed by atoms with E-state index in [9.17, 15) is 12.8 Å². The van der Waals surface area contributed by atoms with Crippen LogP contribution in [0.3, 0.4) is 0 Å². The Morgan fingerprint density at radius 1 is 1.45 bits per heavy atom. The van der Waals surface area contributed by atoms with E-state index < -0.39 is 21.4 Å². The van der Waals surface area contributed by atoms with Crippen molar-refractivity contribution in [3.8, 4) is 6.07 Å². The molecule has 1 fully saturated rings. The first-order valence-corrected chi connectivity index (χ1v) is 8.98. The minimum Gasteiger partial charge on any atom is -0.208 e. The molecular weight excluding hydrogens is 299 g/mol. The van der Waals surface area contributed by atoms with Gasteiger partial charge in [0, 0.05) is 11.3 Å². The molecule has 7 heteroatoms. The largest absolute Gasteiger partial charge is 0.242 e. The van der Waals surface area contributed by atoms with Crippen LogP contribution in [0.15, 0.2) is 23.1 Å². The summed E-state index contributed by atoms with van der Waals surface area (Å²) in [6.07, 6.45) is 4.49. The smallest absolute Gasteiger partial charge is 0.208 e. The number of hydrogen-bond acceptors (Lipinski definition) is 4. The van der Waals surface area contributed by atoms with E-state index in [1.165, 1.54) is 12.1 Å². The number of nitrogens with one attached hydrogen (secondary N) is 1. The maximum Gasteiger partial charge on any atom is 0.242 e. The molecule has 0 amide bonds. The molecule has 1 aliphatic carbocycles. The van der Waals surface area contributed by atoms with E-state index in [4.69, 9.17) is 5.26 Å². The fraction of sp³-hybridized carbons (Fsp3) is 0.462. The third-order valence-corrected chi connectivity index (χ3v) is 6.07. The lowest BCUT2D eigenvalue weighted by Gasteiger charge is -2.14. The van der Waals surface area contributed by atoms with Crippen molar-refractivity contribution in [2.75, 3.05) is 6.26 Å². The number of halogens is 1. The highest BCUT2D eigenvalue weighted by Gasteiger charge is 2.29. The number of hydrogen-bond donors (Lipinski definition) is 1. The normalized spacial score (nSPS) is 22.6. The van der Waals surface area contributed by atoms with E-state index in [2.05, 4.69) is 4.72 Å². The van der Waals surface area contributed by atoms with Crippen molar-refractivity contribution in [2.24, 2.45) is 0 Å². The molecule has 2 atom stereocenters. The molecule has 2 rings (SSSR count). The molecule has 2 unspecified atom stereocenters.